The maximum atomic E-state index is 14.5. The average Bonchev–Trinajstić information content (AvgIpc) is 2.72. The van der Waals surface area contributed by atoms with Gasteiger partial charge in [0.1, 0.15) is 35.4 Å². The van der Waals surface area contributed by atoms with Crippen LogP contribution in [-0.4, -0.2) is 21.7 Å². The van der Waals surface area contributed by atoms with Crippen LogP contribution in [0.5, 0.6) is 17.2 Å². The van der Waals surface area contributed by atoms with Crippen molar-refractivity contribution in [1.82, 2.24) is 9.13 Å². The molecule has 0 spiro atoms. The van der Waals surface area contributed by atoms with Gasteiger partial charge in [0.25, 0.3) is 5.56 Å². The zero-order valence-electron chi connectivity index (χ0n) is 16.5. The van der Waals surface area contributed by atoms with Gasteiger partial charge in [-0.2, -0.15) is 13.2 Å². The summed E-state index contributed by atoms with van der Waals surface area (Å²) in [5.74, 6) is -2.49. The number of carboxylic acid groups (broad SMARTS) is 1. The second-order valence-electron chi connectivity index (χ2n) is 6.51. The second-order valence-corrected chi connectivity index (χ2v) is 6.92. The molecule has 13 heteroatoms. The highest BCUT2D eigenvalue weighted by Gasteiger charge is 2.35. The summed E-state index contributed by atoms with van der Waals surface area (Å²) in [4.78, 5) is 35.1. The summed E-state index contributed by atoms with van der Waals surface area (Å²) in [6.07, 6.45) is -4.98. The van der Waals surface area contributed by atoms with Crippen LogP contribution in [0.15, 0.2) is 52.1 Å². The van der Waals surface area contributed by atoms with E-state index in [0.29, 0.717) is 0 Å². The van der Waals surface area contributed by atoms with Crippen molar-refractivity contribution in [3.05, 3.63) is 79.8 Å². The maximum Gasteiger partial charge on any atom is 0.431 e. The maximum absolute atomic E-state index is 14.5. The van der Waals surface area contributed by atoms with Crippen LogP contribution in [0, 0.1) is 5.82 Å². The van der Waals surface area contributed by atoms with Crippen LogP contribution in [0.25, 0.3) is 5.69 Å². The van der Waals surface area contributed by atoms with E-state index < -0.39 is 47.2 Å². The third kappa shape index (κ3) is 5.17. The first kappa shape index (κ1) is 23.9. The fraction of sp³-hybridized carbons (Fsp3) is 0.150. The number of alkyl halides is 3. The molecule has 174 valence electrons. The average molecular weight is 488 g/mol. The van der Waals surface area contributed by atoms with Crippen molar-refractivity contribution in [3.63, 3.8) is 0 Å². The molecule has 0 aliphatic rings. The number of ether oxygens (including phenoxy) is 2. The lowest BCUT2D eigenvalue weighted by Crippen LogP contribution is -2.41. The van der Waals surface area contributed by atoms with Gasteiger partial charge in [-0.1, -0.05) is 11.6 Å². The smallest absolute Gasteiger partial charge is 0.431 e. The zero-order chi connectivity index (χ0) is 24.5. The van der Waals surface area contributed by atoms with E-state index in [1.54, 1.807) is 0 Å². The number of nitrogens with zero attached hydrogens (tertiary/aromatic N) is 2. The van der Waals surface area contributed by atoms with E-state index in [9.17, 15) is 37.1 Å². The van der Waals surface area contributed by atoms with Gasteiger partial charge in [-0.05, 0) is 30.3 Å². The molecule has 33 heavy (non-hydrogen) atoms. The van der Waals surface area contributed by atoms with E-state index in [0.717, 1.165) is 19.2 Å². The van der Waals surface area contributed by atoms with Crippen molar-refractivity contribution in [1.29, 1.82) is 0 Å². The number of benzene rings is 2. The summed E-state index contributed by atoms with van der Waals surface area (Å²) in [7, 11) is 0.788. The van der Waals surface area contributed by atoms with Gasteiger partial charge >= 0.3 is 11.9 Å². The SMILES string of the molecule is Cn1c(C(F)(F)F)cc(=O)n(-c2cc(Oc3ccc(OCC(=O)[O-])cc3)c(Cl)cc2F)c1=O. The zero-order valence-corrected chi connectivity index (χ0v) is 17.2. The fourth-order valence-electron chi connectivity index (χ4n) is 2.76. The van der Waals surface area contributed by atoms with E-state index in [1.165, 1.54) is 24.3 Å². The molecule has 0 amide bonds. The Hall–Kier alpha value is -3.80. The predicted molar refractivity (Wildman–Crippen MR) is 104 cm³/mol. The molecular weight excluding hydrogens is 476 g/mol. The Morgan fingerprint density at radius 2 is 1.70 bits per heavy atom. The van der Waals surface area contributed by atoms with E-state index in [-0.39, 0.29) is 37.5 Å². The quantitative estimate of drug-likeness (QED) is 0.494. The summed E-state index contributed by atoms with van der Waals surface area (Å²) in [5, 5.41) is 10.2. The number of aromatic nitrogens is 2. The molecular formula is C20H12ClF4N2O6-. The highest BCUT2D eigenvalue weighted by Crippen LogP contribution is 2.33. The molecule has 1 heterocycles. The van der Waals surface area contributed by atoms with Gasteiger partial charge < -0.3 is 19.4 Å². The number of hydrogen-bond donors (Lipinski definition) is 0. The van der Waals surface area contributed by atoms with Crippen LogP contribution in [-0.2, 0) is 18.0 Å². The Morgan fingerprint density at radius 3 is 2.27 bits per heavy atom. The van der Waals surface area contributed by atoms with E-state index in [4.69, 9.17) is 21.1 Å². The van der Waals surface area contributed by atoms with Crippen molar-refractivity contribution in [2.24, 2.45) is 7.05 Å². The Kier molecular flexibility index (Phi) is 6.49. The van der Waals surface area contributed by atoms with Crippen molar-refractivity contribution in [3.8, 4) is 22.9 Å². The number of aliphatic carboxylic acids is 1. The monoisotopic (exact) mass is 487 g/mol. The molecule has 0 fully saturated rings. The lowest BCUT2D eigenvalue weighted by molar-refractivity contribution is -0.307. The minimum atomic E-state index is -4.98. The number of carboxylic acids is 1. The summed E-state index contributed by atoms with van der Waals surface area (Å²) < 4.78 is 64.5. The molecule has 3 aromatic rings. The molecule has 3 rings (SSSR count). The lowest BCUT2D eigenvalue weighted by Gasteiger charge is -2.15. The van der Waals surface area contributed by atoms with E-state index in [2.05, 4.69) is 0 Å². The molecule has 0 aliphatic heterocycles. The Morgan fingerprint density at radius 1 is 1.09 bits per heavy atom. The fourth-order valence-corrected chi connectivity index (χ4v) is 2.95. The first-order chi connectivity index (χ1) is 15.4. The molecule has 8 nitrogen and oxygen atoms in total. The first-order valence-electron chi connectivity index (χ1n) is 8.88. The van der Waals surface area contributed by atoms with Crippen molar-refractivity contribution < 1.29 is 36.9 Å². The van der Waals surface area contributed by atoms with Crippen LogP contribution in [0.1, 0.15) is 5.69 Å². The van der Waals surface area contributed by atoms with Gasteiger partial charge in [-0.15, -0.1) is 0 Å². The highest BCUT2D eigenvalue weighted by atomic mass is 35.5. The molecule has 0 radical (unpaired) electrons. The summed E-state index contributed by atoms with van der Waals surface area (Å²) in [5.41, 5.74) is -5.02. The summed E-state index contributed by atoms with van der Waals surface area (Å²) >= 11 is 5.97. The number of rotatable bonds is 6. The molecule has 0 atom stereocenters. The number of halogens is 5. The Bertz CT molecular complexity index is 1330. The van der Waals surface area contributed by atoms with Gasteiger partial charge in [0.15, 0.2) is 0 Å². The third-order valence-corrected chi connectivity index (χ3v) is 4.56. The summed E-state index contributed by atoms with van der Waals surface area (Å²) in [6.45, 7) is -0.676. The first-order valence-corrected chi connectivity index (χ1v) is 9.26. The lowest BCUT2D eigenvalue weighted by atomic mass is 10.2. The van der Waals surface area contributed by atoms with Crippen LogP contribution >= 0.6 is 11.6 Å². The van der Waals surface area contributed by atoms with Crippen molar-refractivity contribution in [2.75, 3.05) is 6.61 Å². The molecule has 0 bridgehead atoms. The third-order valence-electron chi connectivity index (χ3n) is 4.26. The highest BCUT2D eigenvalue weighted by molar-refractivity contribution is 6.32. The van der Waals surface area contributed by atoms with E-state index >= 15 is 0 Å². The normalized spacial score (nSPS) is 11.3. The molecule has 0 saturated heterocycles. The minimum absolute atomic E-state index is 0.128. The van der Waals surface area contributed by atoms with E-state index in [1.807, 2.05) is 0 Å². The van der Waals surface area contributed by atoms with Crippen molar-refractivity contribution in [2.45, 2.75) is 6.18 Å². The van der Waals surface area contributed by atoms with Gasteiger partial charge in [-0.25, -0.2) is 13.8 Å². The second kappa shape index (κ2) is 8.98. The molecule has 0 saturated carbocycles. The number of carbonyl (C=O) groups is 1. The van der Waals surface area contributed by atoms with Crippen molar-refractivity contribution >= 4 is 17.6 Å². The summed E-state index contributed by atoms with van der Waals surface area (Å²) in [6, 6.07) is 7.20. The molecule has 0 N–H and O–H groups in total. The van der Waals surface area contributed by atoms with Gasteiger partial charge in [0.05, 0.1) is 16.7 Å². The predicted octanol–water partition coefficient (Wildman–Crippen LogP) is 2.27. The van der Waals surface area contributed by atoms with Crippen LogP contribution < -0.4 is 25.8 Å². The topological polar surface area (TPSA) is 103 Å². The molecule has 0 unspecified atom stereocenters. The Balaban J connectivity index is 2.01. The minimum Gasteiger partial charge on any atom is -0.546 e. The van der Waals surface area contributed by atoms with Crippen LogP contribution in [0.2, 0.25) is 5.02 Å². The number of hydrogen-bond acceptors (Lipinski definition) is 6. The van der Waals surface area contributed by atoms with Gasteiger partial charge in [0, 0.05) is 19.2 Å². The number of carbonyl (C=O) groups excluding carboxylic acids is 1. The van der Waals surface area contributed by atoms with Crippen LogP contribution in [0.4, 0.5) is 17.6 Å². The standard InChI is InChI=1S/C20H13ClF4N2O6/c1-26-16(20(23,24)25)8-17(28)27(19(26)31)14-7-15(12(21)6-13(14)22)33-11-4-2-10(3-5-11)32-9-18(29)30/h2-8H,9H2,1H3,(H,29,30)/p-1. The largest absolute Gasteiger partial charge is 0.546 e. The Labute approximate surface area is 186 Å². The molecule has 2 aromatic carbocycles. The van der Waals surface area contributed by atoms with Crippen LogP contribution in [0.3, 0.4) is 0 Å². The molecule has 1 aromatic heterocycles. The van der Waals surface area contributed by atoms with Gasteiger partial charge in [0.2, 0.25) is 0 Å². The molecule has 0 aliphatic carbocycles. The van der Waals surface area contributed by atoms with Gasteiger partial charge in [-0.3, -0.25) is 9.36 Å².